The van der Waals surface area contributed by atoms with Gasteiger partial charge in [-0.1, -0.05) is 30.3 Å². The maximum Gasteiger partial charge on any atom is 0.315 e. The molecule has 0 saturated carbocycles. The minimum absolute atomic E-state index is 0.291. The van der Waals surface area contributed by atoms with Crippen LogP contribution in [0.2, 0.25) is 0 Å². The Bertz CT molecular complexity index is 964. The average Bonchev–Trinajstić information content (AvgIpc) is 2.84. The highest BCUT2D eigenvalue weighted by molar-refractivity contribution is 5.82. The second-order valence-corrected chi connectivity index (χ2v) is 8.07. The smallest absolute Gasteiger partial charge is 0.315 e. The van der Waals surface area contributed by atoms with Crippen LogP contribution in [0.15, 0.2) is 66.9 Å². The zero-order valence-corrected chi connectivity index (χ0v) is 19.3. The van der Waals surface area contributed by atoms with Gasteiger partial charge in [-0.2, -0.15) is 0 Å². The highest BCUT2D eigenvalue weighted by Crippen LogP contribution is 2.27. The second kappa shape index (κ2) is 10.2. The Balaban J connectivity index is 1.88. The summed E-state index contributed by atoms with van der Waals surface area (Å²) in [5.74, 6) is 2.17. The highest BCUT2D eigenvalue weighted by Gasteiger charge is 2.31. The standard InChI is InChI=1S/C26H30N2O4/c1-26(2,25(29)32-5)21-10-15-24(27-16-21)28(17-19-6-11-22(30-3)12-7-19)18-20-8-13-23(31-4)14-9-20/h6-16H,17-18H2,1-5H3. The van der Waals surface area contributed by atoms with Crippen LogP contribution >= 0.6 is 0 Å². The Labute approximate surface area is 189 Å². The Morgan fingerprint density at radius 3 is 1.69 bits per heavy atom. The molecule has 0 spiro atoms. The lowest BCUT2D eigenvalue weighted by Gasteiger charge is -2.26. The molecule has 0 saturated heterocycles. The second-order valence-electron chi connectivity index (χ2n) is 8.07. The molecule has 0 N–H and O–H groups in total. The largest absolute Gasteiger partial charge is 0.497 e. The van der Waals surface area contributed by atoms with Gasteiger partial charge < -0.3 is 19.1 Å². The van der Waals surface area contributed by atoms with E-state index in [2.05, 4.69) is 29.2 Å². The molecule has 32 heavy (non-hydrogen) atoms. The molecule has 0 atom stereocenters. The van der Waals surface area contributed by atoms with E-state index < -0.39 is 5.41 Å². The lowest BCUT2D eigenvalue weighted by molar-refractivity contribution is -0.146. The zero-order valence-electron chi connectivity index (χ0n) is 19.3. The molecule has 6 nitrogen and oxygen atoms in total. The van der Waals surface area contributed by atoms with Crippen molar-refractivity contribution in [3.63, 3.8) is 0 Å². The number of esters is 1. The average molecular weight is 435 g/mol. The van der Waals surface area contributed by atoms with Crippen molar-refractivity contribution in [2.45, 2.75) is 32.4 Å². The fraction of sp³-hybridized carbons (Fsp3) is 0.308. The van der Waals surface area contributed by atoms with Crippen molar-refractivity contribution in [3.05, 3.63) is 83.6 Å². The molecule has 0 bridgehead atoms. The summed E-state index contributed by atoms with van der Waals surface area (Å²) in [5.41, 5.74) is 2.32. The van der Waals surface area contributed by atoms with Crippen molar-refractivity contribution >= 4 is 11.8 Å². The Morgan fingerprint density at radius 2 is 1.31 bits per heavy atom. The van der Waals surface area contributed by atoms with Gasteiger partial charge in [0, 0.05) is 19.3 Å². The summed E-state index contributed by atoms with van der Waals surface area (Å²) in [6, 6.07) is 19.9. The van der Waals surface area contributed by atoms with Crippen molar-refractivity contribution in [2.75, 3.05) is 26.2 Å². The van der Waals surface area contributed by atoms with E-state index in [0.29, 0.717) is 13.1 Å². The van der Waals surface area contributed by atoms with E-state index in [0.717, 1.165) is 34.0 Å². The summed E-state index contributed by atoms with van der Waals surface area (Å²) in [6.45, 7) is 5.01. The molecule has 0 aliphatic heterocycles. The fourth-order valence-electron chi connectivity index (χ4n) is 3.44. The third-order valence-electron chi connectivity index (χ3n) is 5.55. The van der Waals surface area contributed by atoms with E-state index in [1.807, 2.05) is 50.2 Å². The number of nitrogens with zero attached hydrogens (tertiary/aromatic N) is 2. The van der Waals surface area contributed by atoms with E-state index in [4.69, 9.17) is 19.2 Å². The van der Waals surface area contributed by atoms with Gasteiger partial charge >= 0.3 is 5.97 Å². The van der Waals surface area contributed by atoms with E-state index in [-0.39, 0.29) is 5.97 Å². The SMILES string of the molecule is COC(=O)C(C)(C)c1ccc(N(Cc2ccc(OC)cc2)Cc2ccc(OC)cc2)nc1. The van der Waals surface area contributed by atoms with Gasteiger partial charge in [-0.3, -0.25) is 4.79 Å². The number of pyridine rings is 1. The lowest BCUT2D eigenvalue weighted by atomic mass is 9.86. The Kier molecular flexibility index (Phi) is 7.36. The molecule has 168 valence electrons. The van der Waals surface area contributed by atoms with Crippen molar-refractivity contribution in [3.8, 4) is 11.5 Å². The molecular weight excluding hydrogens is 404 g/mol. The van der Waals surface area contributed by atoms with Crippen LogP contribution in [0.25, 0.3) is 0 Å². The molecule has 3 aromatic rings. The van der Waals surface area contributed by atoms with Crippen molar-refractivity contribution < 1.29 is 19.0 Å². The van der Waals surface area contributed by atoms with E-state index >= 15 is 0 Å². The van der Waals surface area contributed by atoms with Gasteiger partial charge in [-0.05, 0) is 60.9 Å². The molecule has 0 amide bonds. The van der Waals surface area contributed by atoms with Crippen molar-refractivity contribution in [1.29, 1.82) is 0 Å². The topological polar surface area (TPSA) is 60.9 Å². The number of rotatable bonds is 9. The minimum Gasteiger partial charge on any atom is -0.497 e. The van der Waals surface area contributed by atoms with Crippen LogP contribution in [0.1, 0.15) is 30.5 Å². The van der Waals surface area contributed by atoms with Gasteiger partial charge in [0.05, 0.1) is 26.7 Å². The van der Waals surface area contributed by atoms with E-state index in [1.165, 1.54) is 7.11 Å². The lowest BCUT2D eigenvalue weighted by Crippen LogP contribution is -2.30. The third kappa shape index (κ3) is 5.38. The number of methoxy groups -OCH3 is 3. The Hall–Kier alpha value is -3.54. The fourth-order valence-corrected chi connectivity index (χ4v) is 3.44. The maximum absolute atomic E-state index is 12.2. The molecule has 1 aromatic heterocycles. The van der Waals surface area contributed by atoms with Crippen LogP contribution < -0.4 is 14.4 Å². The van der Waals surface area contributed by atoms with Crippen LogP contribution in [-0.2, 0) is 28.0 Å². The van der Waals surface area contributed by atoms with Gasteiger partial charge in [0.25, 0.3) is 0 Å². The molecule has 1 heterocycles. The summed E-state index contributed by atoms with van der Waals surface area (Å²) in [6.07, 6.45) is 1.75. The van der Waals surface area contributed by atoms with E-state index in [1.54, 1.807) is 20.4 Å². The molecule has 3 rings (SSSR count). The maximum atomic E-state index is 12.2. The number of ether oxygens (including phenoxy) is 3. The molecule has 6 heteroatoms. The number of benzene rings is 2. The molecule has 0 radical (unpaired) electrons. The summed E-state index contributed by atoms with van der Waals surface area (Å²) < 4.78 is 15.5. The van der Waals surface area contributed by atoms with Crippen molar-refractivity contribution in [1.82, 2.24) is 4.98 Å². The molecule has 0 fully saturated rings. The van der Waals surface area contributed by atoms with E-state index in [9.17, 15) is 4.79 Å². The molecular formula is C26H30N2O4. The zero-order chi connectivity index (χ0) is 23.1. The molecule has 0 aliphatic carbocycles. The van der Waals surface area contributed by atoms with Crippen LogP contribution in [0.4, 0.5) is 5.82 Å². The van der Waals surface area contributed by atoms with Gasteiger partial charge in [0.1, 0.15) is 17.3 Å². The van der Waals surface area contributed by atoms with Gasteiger partial charge in [0.2, 0.25) is 0 Å². The third-order valence-corrected chi connectivity index (χ3v) is 5.55. The first-order chi connectivity index (χ1) is 15.4. The highest BCUT2D eigenvalue weighted by atomic mass is 16.5. The summed E-state index contributed by atoms with van der Waals surface area (Å²) in [4.78, 5) is 19.0. The monoisotopic (exact) mass is 434 g/mol. The van der Waals surface area contributed by atoms with Crippen LogP contribution in [0.3, 0.4) is 0 Å². The Morgan fingerprint density at radius 1 is 0.812 bits per heavy atom. The normalized spacial score (nSPS) is 11.0. The minimum atomic E-state index is -0.767. The quantitative estimate of drug-likeness (QED) is 0.453. The summed E-state index contributed by atoms with van der Waals surface area (Å²) >= 11 is 0. The number of hydrogen-bond donors (Lipinski definition) is 0. The van der Waals surface area contributed by atoms with Crippen molar-refractivity contribution in [2.24, 2.45) is 0 Å². The number of carbonyl (C=O) groups excluding carboxylic acids is 1. The first-order valence-electron chi connectivity index (χ1n) is 10.4. The summed E-state index contributed by atoms with van der Waals surface area (Å²) in [5, 5.41) is 0. The van der Waals surface area contributed by atoms with Crippen LogP contribution in [-0.4, -0.2) is 32.3 Å². The molecule has 0 unspecified atom stereocenters. The van der Waals surface area contributed by atoms with Crippen LogP contribution in [0.5, 0.6) is 11.5 Å². The summed E-state index contributed by atoms with van der Waals surface area (Å²) in [7, 11) is 4.72. The first kappa shape index (κ1) is 23.1. The predicted octanol–water partition coefficient (Wildman–Crippen LogP) is 4.76. The molecule has 0 aliphatic rings. The number of carbonyl (C=O) groups is 1. The van der Waals surface area contributed by atoms with Gasteiger partial charge in [-0.25, -0.2) is 4.98 Å². The van der Waals surface area contributed by atoms with Gasteiger partial charge in [-0.15, -0.1) is 0 Å². The van der Waals surface area contributed by atoms with Gasteiger partial charge in [0.15, 0.2) is 0 Å². The number of anilines is 1. The van der Waals surface area contributed by atoms with Crippen LogP contribution in [0, 0.1) is 0 Å². The predicted molar refractivity (Wildman–Crippen MR) is 125 cm³/mol. The number of hydrogen-bond acceptors (Lipinski definition) is 6. The number of aromatic nitrogens is 1. The molecule has 2 aromatic carbocycles. The first-order valence-corrected chi connectivity index (χ1v) is 10.4.